The number of esters is 1. The Kier molecular flexibility index (Phi) is 6.20. The Morgan fingerprint density at radius 3 is 2.43 bits per heavy atom. The minimum absolute atomic E-state index is 0.365. The normalized spacial score (nSPS) is 8.50. The molecule has 0 bridgehead atoms. The number of nitrogen functional groups attached to an aromatic ring is 1. The van der Waals surface area contributed by atoms with E-state index in [1.54, 1.807) is 31.2 Å². The van der Waals surface area contributed by atoms with E-state index in [1.165, 1.54) is 0 Å². The summed E-state index contributed by atoms with van der Waals surface area (Å²) in [5.74, 6) is -0.365. The molecule has 0 unspecified atom stereocenters. The molecule has 0 aliphatic heterocycles. The van der Waals surface area contributed by atoms with E-state index >= 15 is 0 Å². The summed E-state index contributed by atoms with van der Waals surface area (Å²) in [7, 11) is 0. The molecule has 1 aromatic carbocycles. The number of ether oxygens (including phenoxy) is 1. The van der Waals surface area contributed by atoms with Gasteiger partial charge in [0.2, 0.25) is 0 Å². The monoisotopic (exact) mass is 195 g/mol. The largest absolute Gasteiger partial charge is 0.462 e. The first kappa shape index (κ1) is 12.5. The van der Waals surface area contributed by atoms with Crippen molar-refractivity contribution in [2.24, 2.45) is 0 Å². The molecule has 2 N–H and O–H groups in total. The Hall–Kier alpha value is -1.51. The first-order valence-electron chi connectivity index (χ1n) is 4.77. The first-order chi connectivity index (χ1) is 6.75. The second kappa shape index (κ2) is 6.95. The average molecular weight is 195 g/mol. The van der Waals surface area contributed by atoms with Crippen LogP contribution < -0.4 is 5.73 Å². The average Bonchev–Trinajstić information content (AvgIpc) is 2.22. The van der Waals surface area contributed by atoms with Gasteiger partial charge in [0.15, 0.2) is 0 Å². The van der Waals surface area contributed by atoms with Gasteiger partial charge in [-0.3, -0.25) is 0 Å². The third kappa shape index (κ3) is 3.47. The third-order valence-corrected chi connectivity index (χ3v) is 1.46. The van der Waals surface area contributed by atoms with Gasteiger partial charge in [-0.05, 0) is 19.1 Å². The van der Waals surface area contributed by atoms with Gasteiger partial charge in [0.05, 0.1) is 12.2 Å². The van der Waals surface area contributed by atoms with E-state index in [0.717, 1.165) is 0 Å². The summed E-state index contributed by atoms with van der Waals surface area (Å²) >= 11 is 0. The molecule has 0 saturated heterocycles. The Labute approximate surface area is 84.9 Å². The predicted octanol–water partition coefficient (Wildman–Crippen LogP) is 2.47. The van der Waals surface area contributed by atoms with Crippen molar-refractivity contribution in [1.29, 1.82) is 0 Å². The van der Waals surface area contributed by atoms with Crippen LogP contribution in [0.3, 0.4) is 0 Å². The SMILES string of the molecule is CC.CCOC(=O)c1ccccc1N. The van der Waals surface area contributed by atoms with Crippen molar-refractivity contribution >= 4 is 11.7 Å². The van der Waals surface area contributed by atoms with Crippen LogP contribution in [-0.2, 0) is 4.74 Å². The molecule has 78 valence electrons. The lowest BCUT2D eigenvalue weighted by Crippen LogP contribution is -2.07. The van der Waals surface area contributed by atoms with Crippen LogP contribution in [0.15, 0.2) is 24.3 Å². The van der Waals surface area contributed by atoms with Gasteiger partial charge in [0.1, 0.15) is 0 Å². The second-order valence-electron chi connectivity index (χ2n) is 2.31. The third-order valence-electron chi connectivity index (χ3n) is 1.46. The lowest BCUT2D eigenvalue weighted by atomic mass is 10.2. The van der Waals surface area contributed by atoms with E-state index in [9.17, 15) is 4.79 Å². The molecule has 0 amide bonds. The molecule has 0 atom stereocenters. The van der Waals surface area contributed by atoms with Crippen LogP contribution in [-0.4, -0.2) is 12.6 Å². The van der Waals surface area contributed by atoms with Crippen molar-refractivity contribution < 1.29 is 9.53 Å². The van der Waals surface area contributed by atoms with Gasteiger partial charge >= 0.3 is 5.97 Å². The van der Waals surface area contributed by atoms with E-state index < -0.39 is 0 Å². The van der Waals surface area contributed by atoms with E-state index in [-0.39, 0.29) is 5.97 Å². The zero-order valence-electron chi connectivity index (χ0n) is 8.91. The number of para-hydroxylation sites is 1. The highest BCUT2D eigenvalue weighted by Crippen LogP contribution is 2.11. The Morgan fingerprint density at radius 2 is 1.93 bits per heavy atom. The number of carbonyl (C=O) groups excluding carboxylic acids is 1. The molecule has 0 aliphatic rings. The molecule has 1 aromatic rings. The van der Waals surface area contributed by atoms with Crippen LogP contribution in [0, 0.1) is 0 Å². The summed E-state index contributed by atoms with van der Waals surface area (Å²) in [6.07, 6.45) is 0. The second-order valence-corrected chi connectivity index (χ2v) is 2.31. The lowest BCUT2D eigenvalue weighted by molar-refractivity contribution is 0.0527. The molecule has 0 fully saturated rings. The predicted molar refractivity (Wildman–Crippen MR) is 58.2 cm³/mol. The number of nitrogens with two attached hydrogens (primary N) is 1. The number of anilines is 1. The summed E-state index contributed by atoms with van der Waals surface area (Å²) in [4.78, 5) is 11.2. The maximum absolute atomic E-state index is 11.2. The number of hydrogen-bond acceptors (Lipinski definition) is 3. The number of carbonyl (C=O) groups is 1. The van der Waals surface area contributed by atoms with Gasteiger partial charge in [-0.1, -0.05) is 26.0 Å². The van der Waals surface area contributed by atoms with Crippen LogP contribution in [0.1, 0.15) is 31.1 Å². The fraction of sp³-hybridized carbons (Fsp3) is 0.364. The summed E-state index contributed by atoms with van der Waals surface area (Å²) < 4.78 is 4.79. The van der Waals surface area contributed by atoms with Crippen LogP contribution in [0.5, 0.6) is 0 Å². The Morgan fingerprint density at radius 1 is 1.36 bits per heavy atom. The molecule has 0 radical (unpaired) electrons. The van der Waals surface area contributed by atoms with Gasteiger partial charge < -0.3 is 10.5 Å². The fourth-order valence-electron chi connectivity index (χ4n) is 0.892. The highest BCUT2D eigenvalue weighted by molar-refractivity contribution is 5.94. The van der Waals surface area contributed by atoms with Gasteiger partial charge in [-0.25, -0.2) is 4.79 Å². The highest BCUT2D eigenvalue weighted by atomic mass is 16.5. The molecule has 3 heteroatoms. The zero-order valence-corrected chi connectivity index (χ0v) is 8.91. The summed E-state index contributed by atoms with van der Waals surface area (Å²) in [5.41, 5.74) is 6.44. The number of benzene rings is 1. The summed E-state index contributed by atoms with van der Waals surface area (Å²) in [6.45, 7) is 6.13. The van der Waals surface area contributed by atoms with Gasteiger partial charge in [-0.15, -0.1) is 0 Å². The van der Waals surface area contributed by atoms with Crippen molar-refractivity contribution in [2.75, 3.05) is 12.3 Å². The smallest absolute Gasteiger partial charge is 0.340 e. The van der Waals surface area contributed by atoms with Crippen molar-refractivity contribution in [3.05, 3.63) is 29.8 Å². The maximum atomic E-state index is 11.2. The minimum atomic E-state index is -0.365. The molecule has 0 heterocycles. The van der Waals surface area contributed by atoms with Gasteiger partial charge in [-0.2, -0.15) is 0 Å². The molecule has 0 spiro atoms. The van der Waals surface area contributed by atoms with E-state index in [0.29, 0.717) is 17.9 Å². The molecule has 1 rings (SSSR count). The van der Waals surface area contributed by atoms with Crippen LogP contribution in [0.2, 0.25) is 0 Å². The summed E-state index contributed by atoms with van der Waals surface area (Å²) in [6, 6.07) is 6.85. The van der Waals surface area contributed by atoms with Crippen molar-refractivity contribution in [2.45, 2.75) is 20.8 Å². The Balaban J connectivity index is 0.000000791. The fourth-order valence-corrected chi connectivity index (χ4v) is 0.892. The highest BCUT2D eigenvalue weighted by Gasteiger charge is 2.08. The molecule has 3 nitrogen and oxygen atoms in total. The van der Waals surface area contributed by atoms with E-state index in [1.807, 2.05) is 13.8 Å². The first-order valence-corrected chi connectivity index (χ1v) is 4.77. The van der Waals surface area contributed by atoms with Crippen LogP contribution in [0.4, 0.5) is 5.69 Å². The van der Waals surface area contributed by atoms with Crippen molar-refractivity contribution in [3.63, 3.8) is 0 Å². The van der Waals surface area contributed by atoms with Crippen LogP contribution in [0.25, 0.3) is 0 Å². The lowest BCUT2D eigenvalue weighted by Gasteiger charge is -2.03. The molecule has 0 aliphatic carbocycles. The standard InChI is InChI=1S/C9H11NO2.C2H6/c1-2-12-9(11)7-5-3-4-6-8(7)10;1-2/h3-6H,2,10H2,1H3;1-2H3. The minimum Gasteiger partial charge on any atom is -0.462 e. The van der Waals surface area contributed by atoms with Gasteiger partial charge in [0.25, 0.3) is 0 Å². The van der Waals surface area contributed by atoms with Gasteiger partial charge in [0, 0.05) is 5.69 Å². The molecule has 0 aromatic heterocycles. The van der Waals surface area contributed by atoms with E-state index in [2.05, 4.69) is 0 Å². The van der Waals surface area contributed by atoms with E-state index in [4.69, 9.17) is 10.5 Å². The molecule has 14 heavy (non-hydrogen) atoms. The molecule has 0 saturated carbocycles. The van der Waals surface area contributed by atoms with Crippen molar-refractivity contribution in [1.82, 2.24) is 0 Å². The van der Waals surface area contributed by atoms with Crippen molar-refractivity contribution in [3.8, 4) is 0 Å². The Bertz CT molecular complexity index is 284. The topological polar surface area (TPSA) is 52.3 Å². The summed E-state index contributed by atoms with van der Waals surface area (Å²) in [5, 5.41) is 0. The number of hydrogen-bond donors (Lipinski definition) is 1. The molecular formula is C11H17NO2. The molecular weight excluding hydrogens is 178 g/mol. The zero-order chi connectivity index (χ0) is 11.0. The quantitative estimate of drug-likeness (QED) is 0.582. The maximum Gasteiger partial charge on any atom is 0.340 e. The van der Waals surface area contributed by atoms with Crippen LogP contribution >= 0.6 is 0 Å². The number of rotatable bonds is 2.